The van der Waals surface area contributed by atoms with Crippen molar-refractivity contribution in [2.45, 2.75) is 30.4 Å². The van der Waals surface area contributed by atoms with E-state index in [2.05, 4.69) is 10.0 Å². The lowest BCUT2D eigenvalue weighted by Gasteiger charge is -2.20. The summed E-state index contributed by atoms with van der Waals surface area (Å²) in [4.78, 5) is 24.8. The number of hydrogen-bond acceptors (Lipinski definition) is 6. The van der Waals surface area contributed by atoms with Gasteiger partial charge in [-0.2, -0.15) is 16.5 Å². The van der Waals surface area contributed by atoms with Gasteiger partial charge in [-0.15, -0.1) is 0 Å². The van der Waals surface area contributed by atoms with Gasteiger partial charge in [0.25, 0.3) is 5.91 Å². The molecule has 2 N–H and O–H groups in total. The number of amides is 1. The fraction of sp³-hybridized carbons (Fsp3) is 0.300. The lowest BCUT2D eigenvalue weighted by atomic mass is 10.2. The third-order valence-corrected chi connectivity index (χ3v) is 6.13. The molecule has 10 heteroatoms. The van der Waals surface area contributed by atoms with Gasteiger partial charge in [-0.1, -0.05) is 24.3 Å². The summed E-state index contributed by atoms with van der Waals surface area (Å²) in [6.45, 7) is 1.35. The molecule has 1 amide bonds. The molecule has 0 saturated heterocycles. The minimum Gasteiger partial charge on any atom is -0.451 e. The van der Waals surface area contributed by atoms with E-state index in [4.69, 9.17) is 4.74 Å². The minimum absolute atomic E-state index is 0.0175. The molecule has 0 heterocycles. The molecule has 0 saturated carbocycles. The zero-order valence-electron chi connectivity index (χ0n) is 16.5. The summed E-state index contributed by atoms with van der Waals surface area (Å²) >= 11 is 1.44. The molecular weight excluding hydrogens is 431 g/mol. The van der Waals surface area contributed by atoms with Crippen LogP contribution < -0.4 is 10.0 Å². The Morgan fingerprint density at radius 2 is 1.83 bits per heavy atom. The summed E-state index contributed by atoms with van der Waals surface area (Å²) in [7, 11) is -3.95. The highest BCUT2D eigenvalue weighted by Crippen LogP contribution is 2.13. The van der Waals surface area contributed by atoms with Crippen molar-refractivity contribution in [1.82, 2.24) is 4.72 Å². The Kier molecular flexibility index (Phi) is 8.82. The van der Waals surface area contributed by atoms with Gasteiger partial charge in [-0.3, -0.25) is 9.59 Å². The number of carbonyl (C=O) groups excluding carboxylic acids is 2. The number of thioether (sulfide) groups is 1. The van der Waals surface area contributed by atoms with Crippen LogP contribution in [0.4, 0.5) is 10.1 Å². The Hall–Kier alpha value is -2.43. The summed E-state index contributed by atoms with van der Waals surface area (Å²) in [6.07, 6.45) is 0.798. The van der Waals surface area contributed by atoms with Gasteiger partial charge in [-0.25, -0.2) is 12.8 Å². The number of halogens is 1. The van der Waals surface area contributed by atoms with Gasteiger partial charge in [0.15, 0.2) is 6.10 Å². The summed E-state index contributed by atoms with van der Waals surface area (Å²) < 4.78 is 45.9. The standard InChI is InChI=1S/C20H23FN2O5S2/c1-14(19(24)22-16-8-6-7-15(21)13-16)28-20(25)18(11-12-29-2)23-30(26,27)17-9-4-3-5-10-17/h3-10,13-14,18,23H,11-12H2,1-2H3,(H,22,24). The van der Waals surface area contributed by atoms with E-state index in [-0.39, 0.29) is 17.0 Å². The number of anilines is 1. The predicted molar refractivity (Wildman–Crippen MR) is 114 cm³/mol. The molecular formula is C20H23FN2O5S2. The Morgan fingerprint density at radius 1 is 1.13 bits per heavy atom. The van der Waals surface area contributed by atoms with E-state index in [1.807, 2.05) is 6.26 Å². The number of ether oxygens (including phenoxy) is 1. The first-order valence-electron chi connectivity index (χ1n) is 9.06. The summed E-state index contributed by atoms with van der Waals surface area (Å²) in [5.41, 5.74) is 0.214. The normalized spacial score (nSPS) is 13.3. The third kappa shape index (κ3) is 7.12. The van der Waals surface area contributed by atoms with Crippen molar-refractivity contribution in [3.63, 3.8) is 0 Å². The Bertz CT molecular complexity index is 970. The fourth-order valence-electron chi connectivity index (χ4n) is 2.44. The van der Waals surface area contributed by atoms with Crippen LogP contribution in [0.3, 0.4) is 0 Å². The van der Waals surface area contributed by atoms with Crippen molar-refractivity contribution in [2.24, 2.45) is 0 Å². The largest absolute Gasteiger partial charge is 0.451 e. The molecule has 2 aromatic rings. The minimum atomic E-state index is -3.95. The maximum atomic E-state index is 13.2. The topological polar surface area (TPSA) is 102 Å². The van der Waals surface area contributed by atoms with Crippen LogP contribution in [0.2, 0.25) is 0 Å². The molecule has 2 atom stereocenters. The number of carbonyl (C=O) groups is 2. The second-order valence-corrected chi connectivity index (χ2v) is 9.05. The molecule has 2 unspecified atom stereocenters. The Labute approximate surface area is 179 Å². The molecule has 0 radical (unpaired) electrons. The SMILES string of the molecule is CSCCC(NS(=O)(=O)c1ccccc1)C(=O)OC(C)C(=O)Nc1cccc(F)c1. The van der Waals surface area contributed by atoms with Gasteiger partial charge in [0.1, 0.15) is 11.9 Å². The summed E-state index contributed by atoms with van der Waals surface area (Å²) in [6, 6.07) is 11.8. The van der Waals surface area contributed by atoms with E-state index in [1.54, 1.807) is 18.2 Å². The second kappa shape index (κ2) is 11.1. The zero-order valence-corrected chi connectivity index (χ0v) is 18.1. The van der Waals surface area contributed by atoms with Crippen LogP contribution in [-0.4, -0.2) is 44.4 Å². The molecule has 0 aliphatic rings. The number of sulfonamides is 1. The van der Waals surface area contributed by atoms with Crippen LogP contribution in [-0.2, 0) is 24.3 Å². The first-order valence-corrected chi connectivity index (χ1v) is 11.9. The van der Waals surface area contributed by atoms with Crippen molar-refractivity contribution in [2.75, 3.05) is 17.3 Å². The number of nitrogens with one attached hydrogen (secondary N) is 2. The Morgan fingerprint density at radius 3 is 2.47 bits per heavy atom. The zero-order chi connectivity index (χ0) is 22.1. The average molecular weight is 455 g/mol. The van der Waals surface area contributed by atoms with Gasteiger partial charge < -0.3 is 10.1 Å². The van der Waals surface area contributed by atoms with E-state index in [0.29, 0.717) is 5.75 Å². The van der Waals surface area contributed by atoms with Crippen molar-refractivity contribution in [3.8, 4) is 0 Å². The van der Waals surface area contributed by atoms with Crippen LogP contribution in [0, 0.1) is 5.82 Å². The van der Waals surface area contributed by atoms with E-state index in [0.717, 1.165) is 6.07 Å². The van der Waals surface area contributed by atoms with Gasteiger partial charge >= 0.3 is 5.97 Å². The number of esters is 1. The smallest absolute Gasteiger partial charge is 0.324 e. The van der Waals surface area contributed by atoms with Gasteiger partial charge in [0.2, 0.25) is 10.0 Å². The van der Waals surface area contributed by atoms with Gasteiger partial charge in [0, 0.05) is 5.69 Å². The van der Waals surface area contributed by atoms with Gasteiger partial charge in [-0.05, 0) is 55.7 Å². The molecule has 0 bridgehead atoms. The second-order valence-electron chi connectivity index (χ2n) is 6.35. The summed E-state index contributed by atoms with van der Waals surface area (Å²) in [5.74, 6) is -1.56. The number of rotatable bonds is 10. The quantitative estimate of drug-likeness (QED) is 0.536. The van der Waals surface area contributed by atoms with Crippen LogP contribution >= 0.6 is 11.8 Å². The highest BCUT2D eigenvalue weighted by molar-refractivity contribution is 7.98. The average Bonchev–Trinajstić information content (AvgIpc) is 2.71. The number of hydrogen-bond donors (Lipinski definition) is 2. The van der Waals surface area contributed by atoms with Crippen LogP contribution in [0.15, 0.2) is 59.5 Å². The first kappa shape index (κ1) is 23.8. The van der Waals surface area contributed by atoms with Crippen LogP contribution in [0.1, 0.15) is 13.3 Å². The molecule has 0 aromatic heterocycles. The van der Waals surface area contributed by atoms with Gasteiger partial charge in [0.05, 0.1) is 4.90 Å². The molecule has 0 aliphatic carbocycles. The predicted octanol–water partition coefficient (Wildman–Crippen LogP) is 2.80. The summed E-state index contributed by atoms with van der Waals surface area (Å²) in [5, 5.41) is 2.45. The lowest BCUT2D eigenvalue weighted by molar-refractivity contribution is -0.154. The molecule has 7 nitrogen and oxygen atoms in total. The van der Waals surface area contributed by atoms with E-state index in [9.17, 15) is 22.4 Å². The van der Waals surface area contributed by atoms with Crippen LogP contribution in [0.5, 0.6) is 0 Å². The highest BCUT2D eigenvalue weighted by Gasteiger charge is 2.29. The molecule has 2 rings (SSSR count). The first-order chi connectivity index (χ1) is 14.2. The van der Waals surface area contributed by atoms with E-state index in [1.165, 1.54) is 49.0 Å². The van der Waals surface area contributed by atoms with Crippen LogP contribution in [0.25, 0.3) is 0 Å². The monoisotopic (exact) mass is 454 g/mol. The molecule has 0 fully saturated rings. The van der Waals surface area contributed by atoms with E-state index < -0.39 is 39.9 Å². The maximum absolute atomic E-state index is 13.2. The van der Waals surface area contributed by atoms with Crippen molar-refractivity contribution < 1.29 is 27.1 Å². The fourth-order valence-corrected chi connectivity index (χ4v) is 4.15. The molecule has 0 spiro atoms. The number of benzene rings is 2. The Balaban J connectivity index is 2.05. The third-order valence-electron chi connectivity index (χ3n) is 4.00. The lowest BCUT2D eigenvalue weighted by Crippen LogP contribution is -2.44. The molecule has 0 aliphatic heterocycles. The van der Waals surface area contributed by atoms with Crippen molar-refractivity contribution in [3.05, 3.63) is 60.4 Å². The molecule has 162 valence electrons. The highest BCUT2D eigenvalue weighted by atomic mass is 32.2. The maximum Gasteiger partial charge on any atom is 0.324 e. The van der Waals surface area contributed by atoms with Crippen molar-refractivity contribution >= 4 is 39.3 Å². The van der Waals surface area contributed by atoms with Crippen molar-refractivity contribution in [1.29, 1.82) is 0 Å². The van der Waals surface area contributed by atoms with E-state index >= 15 is 0 Å². The molecule has 30 heavy (non-hydrogen) atoms. The molecule has 2 aromatic carbocycles.